The Morgan fingerprint density at radius 2 is 1.85 bits per heavy atom. The Kier molecular flexibility index (Phi) is 3.89. The average molecular weight is 349 g/mol. The number of aromatic nitrogens is 3. The molecule has 4 rings (SSSR count). The first-order valence-corrected chi connectivity index (χ1v) is 8.11. The van der Waals surface area contributed by atoms with Crippen molar-refractivity contribution in [2.45, 2.75) is 6.92 Å². The summed E-state index contributed by atoms with van der Waals surface area (Å²) in [6.07, 6.45) is 1.38. The Bertz CT molecular complexity index is 1160. The van der Waals surface area contributed by atoms with E-state index in [-0.39, 0.29) is 11.1 Å². The minimum absolute atomic E-state index is 0.182. The number of para-hydroxylation sites is 1. The maximum atomic E-state index is 12.5. The van der Waals surface area contributed by atoms with Crippen molar-refractivity contribution in [1.29, 1.82) is 0 Å². The summed E-state index contributed by atoms with van der Waals surface area (Å²) in [4.78, 5) is 27.5. The quantitative estimate of drug-likeness (QED) is 0.452. The van der Waals surface area contributed by atoms with Crippen LogP contribution < -0.4 is 15.0 Å². The third kappa shape index (κ3) is 2.69. The molecule has 0 bridgehead atoms. The molecule has 2 aromatic carbocycles. The maximum Gasteiger partial charge on any atom is 0.348 e. The number of esters is 1. The summed E-state index contributed by atoms with van der Waals surface area (Å²) in [5.74, 6) is 0.468. The molecule has 0 aliphatic heterocycles. The number of H-pyrrole nitrogens is 1. The van der Waals surface area contributed by atoms with E-state index in [4.69, 9.17) is 9.47 Å². The number of aromatic amines is 1. The molecule has 1 N–H and O–H groups in total. The highest BCUT2D eigenvalue weighted by Gasteiger charge is 2.18. The summed E-state index contributed by atoms with van der Waals surface area (Å²) < 4.78 is 12.3. The smallest absolute Gasteiger partial charge is 0.348 e. The minimum atomic E-state index is -0.602. The van der Waals surface area contributed by atoms with Gasteiger partial charge in [-0.1, -0.05) is 12.1 Å². The topological polar surface area (TPSA) is 85.7 Å². The maximum absolute atomic E-state index is 12.5. The molecule has 7 nitrogen and oxygen atoms in total. The highest BCUT2D eigenvalue weighted by atomic mass is 16.5. The first kappa shape index (κ1) is 15.9. The molecule has 2 heterocycles. The number of hydrogen-bond acceptors (Lipinski definition) is 5. The molecule has 0 amide bonds. The van der Waals surface area contributed by atoms with Crippen LogP contribution in [0.25, 0.3) is 16.6 Å². The summed E-state index contributed by atoms with van der Waals surface area (Å²) in [7, 11) is 0. The Morgan fingerprint density at radius 1 is 1.12 bits per heavy atom. The first-order valence-electron chi connectivity index (χ1n) is 8.11. The van der Waals surface area contributed by atoms with Crippen molar-refractivity contribution in [3.05, 3.63) is 70.6 Å². The molecule has 0 saturated carbocycles. The van der Waals surface area contributed by atoms with Gasteiger partial charge in [-0.25, -0.2) is 9.31 Å². The van der Waals surface area contributed by atoms with Gasteiger partial charge >= 0.3 is 5.97 Å². The molecular formula is C19H15N3O4. The van der Waals surface area contributed by atoms with Crippen molar-refractivity contribution in [3.8, 4) is 11.5 Å². The van der Waals surface area contributed by atoms with E-state index in [1.165, 1.54) is 10.7 Å². The number of nitrogens with zero attached hydrogens (tertiary/aromatic N) is 2. The summed E-state index contributed by atoms with van der Waals surface area (Å²) in [6, 6.07) is 13.8. The van der Waals surface area contributed by atoms with Gasteiger partial charge in [-0.2, -0.15) is 5.10 Å². The van der Waals surface area contributed by atoms with Gasteiger partial charge in [-0.3, -0.25) is 4.79 Å². The van der Waals surface area contributed by atoms with E-state index in [9.17, 15) is 9.59 Å². The van der Waals surface area contributed by atoms with E-state index in [1.807, 2.05) is 6.92 Å². The number of ether oxygens (including phenoxy) is 2. The average Bonchev–Trinajstić information content (AvgIpc) is 3.08. The number of fused-ring (bicyclic) bond motifs is 3. The lowest BCUT2D eigenvalue weighted by Crippen LogP contribution is -2.13. The molecule has 0 saturated heterocycles. The molecular weight excluding hydrogens is 334 g/mol. The van der Waals surface area contributed by atoms with Gasteiger partial charge in [-0.05, 0) is 43.3 Å². The van der Waals surface area contributed by atoms with Gasteiger partial charge in [0.05, 0.1) is 23.7 Å². The molecule has 2 aromatic heterocycles. The van der Waals surface area contributed by atoms with Gasteiger partial charge in [0, 0.05) is 0 Å². The van der Waals surface area contributed by atoms with Crippen LogP contribution in [-0.2, 0) is 0 Å². The van der Waals surface area contributed by atoms with Crippen LogP contribution in [-0.4, -0.2) is 27.2 Å². The second-order valence-corrected chi connectivity index (χ2v) is 5.58. The predicted octanol–water partition coefficient (Wildman–Crippen LogP) is 2.79. The molecule has 130 valence electrons. The third-order valence-corrected chi connectivity index (χ3v) is 3.94. The number of nitrogens with one attached hydrogen (secondary N) is 1. The minimum Gasteiger partial charge on any atom is -0.494 e. The zero-order valence-corrected chi connectivity index (χ0v) is 13.9. The standard InChI is InChI=1S/C19H15N3O4/c1-2-25-12-7-9-13(10-8-12)26-19(24)15-11-20-22-16-6-4-3-5-14(16)18(23)21-17(15)22/h3-11H,2H2,1H3,(H,21,23). The lowest BCUT2D eigenvalue weighted by Gasteiger charge is -2.06. The zero-order chi connectivity index (χ0) is 18.1. The first-order chi connectivity index (χ1) is 12.7. The van der Waals surface area contributed by atoms with Gasteiger partial charge < -0.3 is 14.5 Å². The summed E-state index contributed by atoms with van der Waals surface area (Å²) in [5, 5.41) is 4.71. The van der Waals surface area contributed by atoms with Crippen LogP contribution in [0, 0.1) is 0 Å². The van der Waals surface area contributed by atoms with E-state index < -0.39 is 5.97 Å². The molecule has 0 radical (unpaired) electrons. The fourth-order valence-corrected chi connectivity index (χ4v) is 2.76. The van der Waals surface area contributed by atoms with Crippen molar-refractivity contribution in [3.63, 3.8) is 0 Å². The number of rotatable bonds is 4. The Labute approximate surface area is 147 Å². The third-order valence-electron chi connectivity index (χ3n) is 3.94. The Hall–Kier alpha value is -3.61. The predicted molar refractivity (Wildman–Crippen MR) is 95.9 cm³/mol. The largest absolute Gasteiger partial charge is 0.494 e. The highest BCUT2D eigenvalue weighted by molar-refractivity contribution is 5.98. The SMILES string of the molecule is CCOc1ccc(OC(=O)c2cnn3c2[nH]c(=O)c2ccccc23)cc1. The molecule has 0 aliphatic carbocycles. The van der Waals surface area contributed by atoms with Crippen molar-refractivity contribution < 1.29 is 14.3 Å². The zero-order valence-electron chi connectivity index (χ0n) is 13.9. The van der Waals surface area contributed by atoms with Gasteiger partial charge in [0.1, 0.15) is 17.1 Å². The molecule has 0 aliphatic rings. The Balaban J connectivity index is 1.70. The molecule has 4 aromatic rings. The number of carbonyl (C=O) groups excluding carboxylic acids is 1. The molecule has 0 atom stereocenters. The fraction of sp³-hybridized carbons (Fsp3) is 0.105. The summed E-state index contributed by atoms with van der Waals surface area (Å²) >= 11 is 0. The number of hydrogen-bond donors (Lipinski definition) is 1. The van der Waals surface area contributed by atoms with Crippen LogP contribution in [0.2, 0.25) is 0 Å². The lowest BCUT2D eigenvalue weighted by atomic mass is 10.2. The molecule has 0 fully saturated rings. The number of benzene rings is 2. The second-order valence-electron chi connectivity index (χ2n) is 5.58. The van der Waals surface area contributed by atoms with Crippen LogP contribution in [0.5, 0.6) is 11.5 Å². The van der Waals surface area contributed by atoms with E-state index >= 15 is 0 Å². The van der Waals surface area contributed by atoms with Gasteiger partial charge in [0.15, 0.2) is 5.65 Å². The van der Waals surface area contributed by atoms with Crippen molar-refractivity contribution in [1.82, 2.24) is 14.6 Å². The van der Waals surface area contributed by atoms with Gasteiger partial charge in [0.2, 0.25) is 0 Å². The van der Waals surface area contributed by atoms with Crippen LogP contribution in [0.1, 0.15) is 17.3 Å². The van der Waals surface area contributed by atoms with E-state index in [1.54, 1.807) is 48.5 Å². The summed E-state index contributed by atoms with van der Waals surface area (Å²) in [6.45, 7) is 2.45. The van der Waals surface area contributed by atoms with E-state index in [0.29, 0.717) is 34.7 Å². The van der Waals surface area contributed by atoms with Crippen LogP contribution >= 0.6 is 0 Å². The molecule has 0 unspecified atom stereocenters. The van der Waals surface area contributed by atoms with Crippen LogP contribution in [0.15, 0.2) is 59.5 Å². The normalized spacial score (nSPS) is 11.0. The molecule has 0 spiro atoms. The number of carbonyl (C=O) groups is 1. The van der Waals surface area contributed by atoms with Gasteiger partial charge in [-0.15, -0.1) is 0 Å². The lowest BCUT2D eigenvalue weighted by molar-refractivity contribution is 0.0736. The van der Waals surface area contributed by atoms with Crippen LogP contribution in [0.4, 0.5) is 0 Å². The van der Waals surface area contributed by atoms with Crippen molar-refractivity contribution in [2.75, 3.05) is 6.61 Å². The van der Waals surface area contributed by atoms with Crippen molar-refractivity contribution >= 4 is 22.5 Å². The monoisotopic (exact) mass is 349 g/mol. The van der Waals surface area contributed by atoms with Crippen LogP contribution in [0.3, 0.4) is 0 Å². The summed E-state index contributed by atoms with van der Waals surface area (Å²) in [5.41, 5.74) is 0.807. The van der Waals surface area contributed by atoms with Gasteiger partial charge in [0.25, 0.3) is 5.56 Å². The fourth-order valence-electron chi connectivity index (χ4n) is 2.76. The molecule has 7 heteroatoms. The highest BCUT2D eigenvalue weighted by Crippen LogP contribution is 2.20. The van der Waals surface area contributed by atoms with Crippen molar-refractivity contribution in [2.24, 2.45) is 0 Å². The second kappa shape index (κ2) is 6.36. The molecule has 26 heavy (non-hydrogen) atoms. The van der Waals surface area contributed by atoms with E-state index in [0.717, 1.165) is 0 Å². The van der Waals surface area contributed by atoms with E-state index in [2.05, 4.69) is 10.1 Å². The Morgan fingerprint density at radius 3 is 2.62 bits per heavy atom.